The number of aryl methyl sites for hydroxylation is 2. The van der Waals surface area contributed by atoms with E-state index in [1.807, 2.05) is 12.4 Å². The molecule has 2 N–H and O–H groups in total. The van der Waals surface area contributed by atoms with Crippen LogP contribution >= 0.6 is 24.0 Å². The van der Waals surface area contributed by atoms with Crippen molar-refractivity contribution in [3.05, 3.63) is 18.2 Å². The van der Waals surface area contributed by atoms with Crippen molar-refractivity contribution in [1.82, 2.24) is 20.2 Å². The fourth-order valence-corrected chi connectivity index (χ4v) is 2.99. The molecule has 0 saturated heterocycles. The zero-order valence-corrected chi connectivity index (χ0v) is 16.9. The van der Waals surface area contributed by atoms with E-state index >= 15 is 0 Å². The fourth-order valence-electron chi connectivity index (χ4n) is 2.99. The average Bonchev–Trinajstić information content (AvgIpc) is 2.93. The first kappa shape index (κ1) is 20.3. The number of imidazole rings is 1. The van der Waals surface area contributed by atoms with E-state index in [9.17, 15) is 0 Å². The maximum atomic E-state index is 4.72. The van der Waals surface area contributed by atoms with Crippen molar-refractivity contribution >= 4 is 29.9 Å². The van der Waals surface area contributed by atoms with E-state index in [0.717, 1.165) is 44.3 Å². The van der Waals surface area contributed by atoms with Gasteiger partial charge >= 0.3 is 0 Å². The second-order valence-electron chi connectivity index (χ2n) is 6.11. The molecule has 5 nitrogen and oxygen atoms in total. The molecule has 132 valence electrons. The molecule has 0 spiro atoms. The van der Waals surface area contributed by atoms with E-state index in [1.54, 1.807) is 0 Å². The summed E-state index contributed by atoms with van der Waals surface area (Å²) in [6.07, 6.45) is 12.8. The van der Waals surface area contributed by atoms with Crippen LogP contribution in [0.2, 0.25) is 0 Å². The summed E-state index contributed by atoms with van der Waals surface area (Å²) >= 11 is 0. The van der Waals surface area contributed by atoms with Crippen LogP contribution in [0.3, 0.4) is 0 Å². The largest absolute Gasteiger partial charge is 0.357 e. The summed E-state index contributed by atoms with van der Waals surface area (Å²) in [7, 11) is 0. The zero-order valence-electron chi connectivity index (χ0n) is 14.6. The first-order valence-electron chi connectivity index (χ1n) is 8.82. The van der Waals surface area contributed by atoms with Crippen LogP contribution < -0.4 is 10.6 Å². The number of aromatic nitrogens is 2. The minimum absolute atomic E-state index is 0. The summed E-state index contributed by atoms with van der Waals surface area (Å²) in [5.74, 6) is 2.09. The van der Waals surface area contributed by atoms with Crippen LogP contribution in [-0.4, -0.2) is 34.6 Å². The number of rotatable bonds is 7. The molecule has 1 fully saturated rings. The number of hydrogen-bond acceptors (Lipinski definition) is 2. The number of halogens is 1. The van der Waals surface area contributed by atoms with Crippen LogP contribution in [0, 0.1) is 6.92 Å². The maximum Gasteiger partial charge on any atom is 0.191 e. The van der Waals surface area contributed by atoms with Crippen LogP contribution in [0.4, 0.5) is 0 Å². The lowest BCUT2D eigenvalue weighted by Gasteiger charge is -2.24. The van der Waals surface area contributed by atoms with E-state index in [4.69, 9.17) is 4.99 Å². The Morgan fingerprint density at radius 1 is 1.30 bits per heavy atom. The minimum atomic E-state index is 0. The lowest BCUT2D eigenvalue weighted by molar-refractivity contribution is 0.410. The molecule has 1 aliphatic carbocycles. The predicted molar refractivity (Wildman–Crippen MR) is 108 cm³/mol. The number of guanidine groups is 1. The van der Waals surface area contributed by atoms with Gasteiger partial charge in [-0.25, -0.2) is 4.98 Å². The molecule has 0 aromatic carbocycles. The van der Waals surface area contributed by atoms with Crippen LogP contribution in [0.15, 0.2) is 17.4 Å². The Balaban J connectivity index is 0.00000264. The molecule has 0 aliphatic heterocycles. The molecule has 6 heteroatoms. The third kappa shape index (κ3) is 7.54. The molecule has 1 aliphatic rings. The molecule has 0 amide bonds. The second kappa shape index (κ2) is 11.7. The van der Waals surface area contributed by atoms with Gasteiger partial charge in [-0.15, -0.1) is 24.0 Å². The molecule has 0 atom stereocenters. The predicted octanol–water partition coefficient (Wildman–Crippen LogP) is 3.48. The van der Waals surface area contributed by atoms with Crippen molar-refractivity contribution in [3.8, 4) is 0 Å². The number of hydrogen-bond donors (Lipinski definition) is 2. The smallest absolute Gasteiger partial charge is 0.191 e. The van der Waals surface area contributed by atoms with E-state index in [0.29, 0.717) is 6.04 Å². The fraction of sp³-hybridized carbons (Fsp3) is 0.765. The SMILES string of the molecule is CCNC(=NCCCCn1ccnc1C)NC1CCCCC1.I. The average molecular weight is 433 g/mol. The van der Waals surface area contributed by atoms with E-state index < -0.39 is 0 Å². The molecular weight excluding hydrogens is 401 g/mol. The summed E-state index contributed by atoms with van der Waals surface area (Å²) in [6.45, 7) is 7.02. The topological polar surface area (TPSA) is 54.2 Å². The first-order valence-corrected chi connectivity index (χ1v) is 8.82. The molecule has 0 radical (unpaired) electrons. The third-order valence-corrected chi connectivity index (χ3v) is 4.29. The lowest BCUT2D eigenvalue weighted by Crippen LogP contribution is -2.44. The van der Waals surface area contributed by atoms with Gasteiger partial charge in [0.2, 0.25) is 0 Å². The zero-order chi connectivity index (χ0) is 15.6. The van der Waals surface area contributed by atoms with Crippen molar-refractivity contribution in [2.45, 2.75) is 71.4 Å². The quantitative estimate of drug-likeness (QED) is 0.300. The highest BCUT2D eigenvalue weighted by atomic mass is 127. The third-order valence-electron chi connectivity index (χ3n) is 4.29. The summed E-state index contributed by atoms with van der Waals surface area (Å²) < 4.78 is 2.20. The normalized spacial score (nSPS) is 16.0. The van der Waals surface area contributed by atoms with Crippen molar-refractivity contribution in [1.29, 1.82) is 0 Å². The Hall–Kier alpha value is -0.790. The monoisotopic (exact) mass is 433 g/mol. The molecule has 23 heavy (non-hydrogen) atoms. The summed E-state index contributed by atoms with van der Waals surface area (Å²) in [5.41, 5.74) is 0. The van der Waals surface area contributed by atoms with Gasteiger partial charge in [-0.2, -0.15) is 0 Å². The van der Waals surface area contributed by atoms with Gasteiger partial charge in [-0.3, -0.25) is 4.99 Å². The molecule has 1 aromatic rings. The molecule has 1 saturated carbocycles. The molecule has 2 rings (SSSR count). The van der Waals surface area contributed by atoms with Gasteiger partial charge in [-0.05, 0) is 39.5 Å². The maximum absolute atomic E-state index is 4.72. The summed E-state index contributed by atoms with van der Waals surface area (Å²) in [5, 5.41) is 6.96. The summed E-state index contributed by atoms with van der Waals surface area (Å²) in [4.78, 5) is 8.97. The molecule has 1 aromatic heterocycles. The van der Waals surface area contributed by atoms with Gasteiger partial charge < -0.3 is 15.2 Å². The number of unbranched alkanes of at least 4 members (excludes halogenated alkanes) is 1. The summed E-state index contributed by atoms with van der Waals surface area (Å²) in [6, 6.07) is 0.611. The van der Waals surface area contributed by atoms with Crippen molar-refractivity contribution in [3.63, 3.8) is 0 Å². The first-order chi connectivity index (χ1) is 10.8. The van der Waals surface area contributed by atoms with Crippen LogP contribution in [-0.2, 0) is 6.54 Å². The standard InChI is InChI=1S/C17H31N5.HI/c1-3-18-17(21-16-9-5-4-6-10-16)20-11-7-8-13-22-14-12-19-15(22)2;/h12,14,16H,3-11,13H2,1-2H3,(H2,18,20,21);1H. The van der Waals surface area contributed by atoms with E-state index in [2.05, 4.69) is 34.0 Å². The Labute approximate surface area is 157 Å². The molecular formula is C17H32IN5. The number of nitrogens with zero attached hydrogens (tertiary/aromatic N) is 3. The van der Waals surface area contributed by atoms with Crippen LogP contribution in [0.25, 0.3) is 0 Å². The lowest BCUT2D eigenvalue weighted by atomic mass is 9.96. The molecule has 1 heterocycles. The number of aliphatic imine (C=N–C) groups is 1. The highest BCUT2D eigenvalue weighted by molar-refractivity contribution is 14.0. The van der Waals surface area contributed by atoms with Crippen molar-refractivity contribution in [2.24, 2.45) is 4.99 Å². The van der Waals surface area contributed by atoms with E-state index in [1.165, 1.54) is 32.1 Å². The van der Waals surface area contributed by atoms with Gasteiger partial charge in [0.25, 0.3) is 0 Å². The Bertz CT molecular complexity index is 452. The van der Waals surface area contributed by atoms with Gasteiger partial charge in [-0.1, -0.05) is 19.3 Å². The van der Waals surface area contributed by atoms with Crippen LogP contribution in [0.5, 0.6) is 0 Å². The minimum Gasteiger partial charge on any atom is -0.357 e. The van der Waals surface area contributed by atoms with Crippen LogP contribution in [0.1, 0.15) is 57.7 Å². The molecule has 0 bridgehead atoms. The Morgan fingerprint density at radius 3 is 2.74 bits per heavy atom. The van der Waals surface area contributed by atoms with E-state index in [-0.39, 0.29) is 24.0 Å². The van der Waals surface area contributed by atoms with Gasteiger partial charge in [0.1, 0.15) is 5.82 Å². The van der Waals surface area contributed by atoms with Gasteiger partial charge in [0.05, 0.1) is 0 Å². The number of nitrogens with one attached hydrogen (secondary N) is 2. The molecule has 0 unspecified atom stereocenters. The van der Waals surface area contributed by atoms with Crippen molar-refractivity contribution in [2.75, 3.05) is 13.1 Å². The highest BCUT2D eigenvalue weighted by Crippen LogP contribution is 2.17. The van der Waals surface area contributed by atoms with Gasteiger partial charge in [0.15, 0.2) is 5.96 Å². The Kier molecular flexibility index (Phi) is 10.3. The highest BCUT2D eigenvalue weighted by Gasteiger charge is 2.14. The van der Waals surface area contributed by atoms with Crippen molar-refractivity contribution < 1.29 is 0 Å². The Morgan fingerprint density at radius 2 is 2.09 bits per heavy atom. The second-order valence-corrected chi connectivity index (χ2v) is 6.11. The van der Waals surface area contributed by atoms with Gasteiger partial charge in [0, 0.05) is 38.1 Å².